The molecule has 2 rings (SSSR count). The molecule has 3 nitrogen and oxygen atoms in total. The molecule has 0 amide bonds. The Labute approximate surface area is 96.3 Å². The maximum absolute atomic E-state index is 4.33. The van der Waals surface area contributed by atoms with Crippen molar-refractivity contribution in [1.82, 2.24) is 15.0 Å². The zero-order valence-electron chi connectivity index (χ0n) is 5.83. The van der Waals surface area contributed by atoms with E-state index in [9.17, 15) is 0 Å². The predicted octanol–water partition coefficient (Wildman–Crippen LogP) is 2.23. The second kappa shape index (κ2) is 3.36. The molecule has 12 heavy (non-hydrogen) atoms. The van der Waals surface area contributed by atoms with Crippen LogP contribution in [0.15, 0.2) is 18.6 Å². The Bertz CT molecular complexity index is 389. The Morgan fingerprint density at radius 1 is 1.17 bits per heavy atom. The Hall–Kier alpha value is -0.0500. The summed E-state index contributed by atoms with van der Waals surface area (Å²) in [4.78, 5) is 12.3. The van der Waals surface area contributed by atoms with Gasteiger partial charge in [0, 0.05) is 3.57 Å². The summed E-state index contributed by atoms with van der Waals surface area (Å²) in [5.74, 6) is 0. The molecule has 0 aliphatic carbocycles. The van der Waals surface area contributed by atoms with E-state index in [0.29, 0.717) is 0 Å². The number of pyridine rings is 1. The van der Waals surface area contributed by atoms with E-state index < -0.39 is 0 Å². The lowest BCUT2D eigenvalue weighted by molar-refractivity contribution is 1.18. The number of rotatable bonds is 0. The number of aromatic nitrogens is 3. The van der Waals surface area contributed by atoms with Crippen LogP contribution in [0.5, 0.6) is 0 Å². The normalized spacial score (nSPS) is 10.5. The van der Waals surface area contributed by atoms with Crippen LogP contribution in [0.25, 0.3) is 11.0 Å². The van der Waals surface area contributed by atoms with Crippen molar-refractivity contribution in [3.63, 3.8) is 0 Å². The van der Waals surface area contributed by atoms with Gasteiger partial charge in [-0.2, -0.15) is 0 Å². The molecule has 2 aromatic heterocycles. The molecule has 5 heteroatoms. The van der Waals surface area contributed by atoms with Crippen LogP contribution in [0.4, 0.5) is 0 Å². The second-order valence-corrected chi connectivity index (χ2v) is 4.37. The van der Waals surface area contributed by atoms with Crippen LogP contribution in [0.2, 0.25) is 0 Å². The van der Waals surface area contributed by atoms with E-state index in [0.717, 1.165) is 18.3 Å². The monoisotopic (exact) mass is 383 g/mol. The molecule has 2 heterocycles. The van der Waals surface area contributed by atoms with Gasteiger partial charge in [0.05, 0.1) is 11.7 Å². The summed E-state index contributed by atoms with van der Waals surface area (Å²) in [6.45, 7) is 0. The van der Waals surface area contributed by atoms with E-state index in [1.807, 2.05) is 6.07 Å². The first-order valence-electron chi connectivity index (χ1n) is 3.19. The number of hydrogen-bond donors (Lipinski definition) is 0. The number of nitrogens with zero attached hydrogens (tertiary/aromatic N) is 3. The minimum absolute atomic E-state index is 0.849. The summed E-state index contributed by atoms with van der Waals surface area (Å²) in [6.07, 6.45) is 3.26. The van der Waals surface area contributed by atoms with Crippen molar-refractivity contribution in [2.45, 2.75) is 0 Å². The molecule has 2 aromatic rings. The average Bonchev–Trinajstić information content (AvgIpc) is 2.07. The SMILES string of the molecule is Ic1cc2ncncc2nc1I. The highest BCUT2D eigenvalue weighted by molar-refractivity contribution is 14.1. The average molecular weight is 383 g/mol. The van der Waals surface area contributed by atoms with E-state index in [4.69, 9.17) is 0 Å². The van der Waals surface area contributed by atoms with Gasteiger partial charge in [-0.15, -0.1) is 0 Å². The molecule has 0 bridgehead atoms. The van der Waals surface area contributed by atoms with Gasteiger partial charge >= 0.3 is 0 Å². The van der Waals surface area contributed by atoms with Crippen LogP contribution >= 0.6 is 45.2 Å². The first kappa shape index (κ1) is 8.54. The molecule has 0 saturated heterocycles. The van der Waals surface area contributed by atoms with Crippen LogP contribution in [-0.4, -0.2) is 15.0 Å². The van der Waals surface area contributed by atoms with E-state index >= 15 is 0 Å². The molecule has 60 valence electrons. The van der Waals surface area contributed by atoms with Gasteiger partial charge in [-0.05, 0) is 51.2 Å². The highest BCUT2D eigenvalue weighted by atomic mass is 127. The quantitative estimate of drug-likeness (QED) is 0.518. The highest BCUT2D eigenvalue weighted by Gasteiger charge is 2.01. The third kappa shape index (κ3) is 1.51. The topological polar surface area (TPSA) is 38.7 Å². The van der Waals surface area contributed by atoms with Crippen LogP contribution in [0, 0.1) is 7.27 Å². The lowest BCUT2D eigenvalue weighted by Gasteiger charge is -1.97. The van der Waals surface area contributed by atoms with Crippen molar-refractivity contribution in [2.24, 2.45) is 0 Å². The summed E-state index contributed by atoms with van der Waals surface area (Å²) >= 11 is 4.44. The lowest BCUT2D eigenvalue weighted by atomic mass is 10.4. The second-order valence-electron chi connectivity index (χ2n) is 2.19. The van der Waals surface area contributed by atoms with E-state index in [1.165, 1.54) is 6.33 Å². The molecule has 0 saturated carbocycles. The molecule has 0 atom stereocenters. The maximum atomic E-state index is 4.33. The standard InChI is InChI=1S/C7H3I2N3/c8-4-1-5-6(12-7(4)9)2-10-3-11-5/h1-3H. The Kier molecular flexibility index (Phi) is 2.40. The summed E-state index contributed by atoms with van der Waals surface area (Å²) in [7, 11) is 0. The molecule has 0 radical (unpaired) electrons. The lowest BCUT2D eigenvalue weighted by Crippen LogP contribution is -1.90. The molecule has 0 aromatic carbocycles. The van der Waals surface area contributed by atoms with Crippen molar-refractivity contribution >= 4 is 56.2 Å². The molecule has 0 aliphatic rings. The smallest absolute Gasteiger partial charge is 0.116 e. The number of hydrogen-bond acceptors (Lipinski definition) is 3. The molecule has 0 fully saturated rings. The van der Waals surface area contributed by atoms with Gasteiger partial charge in [-0.25, -0.2) is 15.0 Å². The summed E-state index contributed by atoms with van der Waals surface area (Å²) in [5.41, 5.74) is 1.75. The van der Waals surface area contributed by atoms with E-state index in [1.54, 1.807) is 6.20 Å². The first-order valence-corrected chi connectivity index (χ1v) is 5.35. The van der Waals surface area contributed by atoms with Crippen molar-refractivity contribution in [3.8, 4) is 0 Å². The van der Waals surface area contributed by atoms with Gasteiger partial charge in [0.2, 0.25) is 0 Å². The molecular weight excluding hydrogens is 380 g/mol. The van der Waals surface area contributed by atoms with Crippen molar-refractivity contribution < 1.29 is 0 Å². The van der Waals surface area contributed by atoms with Gasteiger partial charge in [-0.1, -0.05) is 0 Å². The minimum Gasteiger partial charge on any atom is -0.243 e. The van der Waals surface area contributed by atoms with Crippen molar-refractivity contribution in [2.75, 3.05) is 0 Å². The number of halogens is 2. The third-order valence-corrected chi connectivity index (χ3v) is 4.08. The molecule has 0 aliphatic heterocycles. The Morgan fingerprint density at radius 3 is 2.83 bits per heavy atom. The fourth-order valence-electron chi connectivity index (χ4n) is 0.868. The van der Waals surface area contributed by atoms with Crippen LogP contribution in [-0.2, 0) is 0 Å². The highest BCUT2D eigenvalue weighted by Crippen LogP contribution is 2.16. The zero-order chi connectivity index (χ0) is 8.55. The molecule has 0 N–H and O–H groups in total. The molecular formula is C7H3I2N3. The van der Waals surface area contributed by atoms with Crippen LogP contribution < -0.4 is 0 Å². The fraction of sp³-hybridized carbons (Fsp3) is 0. The van der Waals surface area contributed by atoms with Gasteiger partial charge in [0.1, 0.15) is 15.5 Å². The van der Waals surface area contributed by atoms with E-state index in [2.05, 4.69) is 60.1 Å². The zero-order valence-corrected chi connectivity index (χ0v) is 10.1. The van der Waals surface area contributed by atoms with Crippen LogP contribution in [0.3, 0.4) is 0 Å². The fourth-order valence-corrected chi connectivity index (χ4v) is 1.70. The summed E-state index contributed by atoms with van der Waals surface area (Å²) < 4.78 is 2.12. The van der Waals surface area contributed by atoms with Crippen molar-refractivity contribution in [1.29, 1.82) is 0 Å². The third-order valence-electron chi connectivity index (χ3n) is 1.40. The van der Waals surface area contributed by atoms with Crippen molar-refractivity contribution in [3.05, 3.63) is 25.9 Å². The Balaban J connectivity index is 2.84. The number of fused-ring (bicyclic) bond motifs is 1. The maximum Gasteiger partial charge on any atom is 0.116 e. The first-order chi connectivity index (χ1) is 5.77. The van der Waals surface area contributed by atoms with Gasteiger partial charge in [0.25, 0.3) is 0 Å². The van der Waals surface area contributed by atoms with E-state index in [-0.39, 0.29) is 0 Å². The van der Waals surface area contributed by atoms with Gasteiger partial charge < -0.3 is 0 Å². The largest absolute Gasteiger partial charge is 0.243 e. The summed E-state index contributed by atoms with van der Waals surface area (Å²) in [5, 5.41) is 0. The van der Waals surface area contributed by atoms with Gasteiger partial charge in [0.15, 0.2) is 0 Å². The molecule has 0 unspecified atom stereocenters. The Morgan fingerprint density at radius 2 is 2.00 bits per heavy atom. The predicted molar refractivity (Wildman–Crippen MR) is 62.8 cm³/mol. The minimum atomic E-state index is 0.849. The van der Waals surface area contributed by atoms with Crippen LogP contribution in [0.1, 0.15) is 0 Å². The molecule has 0 spiro atoms. The van der Waals surface area contributed by atoms with Gasteiger partial charge in [-0.3, -0.25) is 0 Å². The summed E-state index contributed by atoms with van der Waals surface area (Å²) in [6, 6.07) is 2.01.